The maximum Gasteiger partial charge on any atom is 0.257 e. The van der Waals surface area contributed by atoms with E-state index in [0.717, 1.165) is 35.1 Å². The van der Waals surface area contributed by atoms with Gasteiger partial charge in [0.25, 0.3) is 11.8 Å². The molecule has 1 heterocycles. The minimum absolute atomic E-state index is 0.0481. The number of halogens is 1. The number of aryl methyl sites for hydroxylation is 1. The highest BCUT2D eigenvalue weighted by molar-refractivity contribution is 7.99. The molecular weight excluding hydrogens is 400 g/mol. The normalized spacial score (nSPS) is 14.1. The van der Waals surface area contributed by atoms with E-state index in [4.69, 9.17) is 11.6 Å². The highest BCUT2D eigenvalue weighted by atomic mass is 35.5. The van der Waals surface area contributed by atoms with Gasteiger partial charge in [0.15, 0.2) is 0 Å². The van der Waals surface area contributed by atoms with Crippen molar-refractivity contribution in [1.29, 1.82) is 0 Å². The van der Waals surface area contributed by atoms with E-state index >= 15 is 0 Å². The number of carbonyl (C=O) groups is 2. The van der Waals surface area contributed by atoms with Crippen molar-refractivity contribution in [2.24, 2.45) is 0 Å². The van der Waals surface area contributed by atoms with Gasteiger partial charge in [0.2, 0.25) is 0 Å². The number of rotatable bonds is 4. The molecule has 0 spiro atoms. The van der Waals surface area contributed by atoms with Gasteiger partial charge in [-0.3, -0.25) is 9.59 Å². The summed E-state index contributed by atoms with van der Waals surface area (Å²) in [6.45, 7) is 3.45. The zero-order chi connectivity index (χ0) is 19.4. The first kappa shape index (κ1) is 20.1. The van der Waals surface area contributed by atoms with Crippen LogP contribution in [0.2, 0.25) is 5.02 Å². The van der Waals surface area contributed by atoms with E-state index in [9.17, 15) is 9.59 Å². The predicted octanol–water partition coefficient (Wildman–Crippen LogP) is 4.81. The molecule has 1 N–H and O–H groups in total. The second-order valence-corrected chi connectivity index (χ2v) is 8.75. The Kier molecular flexibility index (Phi) is 6.73. The fourth-order valence-electron chi connectivity index (χ4n) is 2.88. The third-order valence-electron chi connectivity index (χ3n) is 4.44. The Hall–Kier alpha value is -1.63. The molecule has 142 valence electrons. The highest BCUT2D eigenvalue weighted by Crippen LogP contribution is 2.25. The molecule has 1 aliphatic rings. The third kappa shape index (κ3) is 4.81. The molecule has 1 fully saturated rings. The van der Waals surface area contributed by atoms with Crippen LogP contribution in [0.5, 0.6) is 0 Å². The summed E-state index contributed by atoms with van der Waals surface area (Å²) in [5.41, 5.74) is 2.61. The first-order valence-electron chi connectivity index (χ1n) is 8.62. The van der Waals surface area contributed by atoms with Gasteiger partial charge in [-0.15, -0.1) is 11.8 Å². The highest BCUT2D eigenvalue weighted by Gasteiger charge is 2.19. The third-order valence-corrected chi connectivity index (χ3v) is 6.44. The van der Waals surface area contributed by atoms with Crippen LogP contribution in [0.25, 0.3) is 0 Å². The molecular formula is C20H21ClN2O2S2. The topological polar surface area (TPSA) is 49.4 Å². The minimum atomic E-state index is -0.258. The number of carbonyl (C=O) groups excluding carboxylic acids is 2. The molecule has 1 saturated heterocycles. The maximum absolute atomic E-state index is 12.6. The van der Waals surface area contributed by atoms with Gasteiger partial charge in [-0.1, -0.05) is 11.6 Å². The lowest BCUT2D eigenvalue weighted by atomic mass is 10.1. The number of nitrogens with zero attached hydrogens (tertiary/aromatic N) is 1. The largest absolute Gasteiger partial charge is 0.337 e. The molecule has 27 heavy (non-hydrogen) atoms. The maximum atomic E-state index is 12.6. The first-order valence-corrected chi connectivity index (χ1v) is 11.4. The summed E-state index contributed by atoms with van der Waals surface area (Å²) >= 11 is 9.61. The van der Waals surface area contributed by atoms with Gasteiger partial charge in [-0.05, 0) is 55.1 Å². The van der Waals surface area contributed by atoms with Crippen molar-refractivity contribution in [2.45, 2.75) is 11.8 Å². The van der Waals surface area contributed by atoms with Gasteiger partial charge >= 0.3 is 0 Å². The molecule has 0 atom stereocenters. The van der Waals surface area contributed by atoms with Crippen LogP contribution in [0.4, 0.5) is 5.69 Å². The van der Waals surface area contributed by atoms with Crippen LogP contribution >= 0.6 is 35.1 Å². The predicted molar refractivity (Wildman–Crippen MR) is 116 cm³/mol. The molecule has 7 heteroatoms. The van der Waals surface area contributed by atoms with Crippen LogP contribution in [0.15, 0.2) is 41.3 Å². The molecule has 0 aromatic heterocycles. The van der Waals surface area contributed by atoms with E-state index in [-0.39, 0.29) is 11.8 Å². The van der Waals surface area contributed by atoms with Crippen molar-refractivity contribution in [2.75, 3.05) is 36.2 Å². The Morgan fingerprint density at radius 1 is 1.15 bits per heavy atom. The Morgan fingerprint density at radius 3 is 2.56 bits per heavy atom. The second-order valence-electron chi connectivity index (χ2n) is 6.23. The van der Waals surface area contributed by atoms with Gasteiger partial charge in [-0.25, -0.2) is 0 Å². The summed E-state index contributed by atoms with van der Waals surface area (Å²) in [5, 5.41) is 3.32. The number of amides is 2. The molecule has 0 bridgehead atoms. The van der Waals surface area contributed by atoms with Crippen molar-refractivity contribution >= 4 is 52.6 Å². The summed E-state index contributed by atoms with van der Waals surface area (Å²) in [5.74, 6) is 1.75. The monoisotopic (exact) mass is 420 g/mol. The van der Waals surface area contributed by atoms with Gasteiger partial charge in [-0.2, -0.15) is 11.8 Å². The van der Waals surface area contributed by atoms with Crippen LogP contribution in [0, 0.1) is 6.92 Å². The Labute approximate surface area is 173 Å². The first-order chi connectivity index (χ1) is 13.0. The van der Waals surface area contributed by atoms with E-state index in [1.807, 2.05) is 42.0 Å². The molecule has 0 aliphatic carbocycles. The van der Waals surface area contributed by atoms with Crippen LogP contribution in [-0.4, -0.2) is 47.6 Å². The van der Waals surface area contributed by atoms with Crippen LogP contribution < -0.4 is 5.32 Å². The molecule has 1 aliphatic heterocycles. The Bertz CT molecular complexity index is 867. The summed E-state index contributed by atoms with van der Waals surface area (Å²) in [6.07, 6.45) is 1.95. The lowest BCUT2D eigenvalue weighted by molar-refractivity contribution is 0.0772. The molecule has 2 amide bonds. The quantitative estimate of drug-likeness (QED) is 0.721. The van der Waals surface area contributed by atoms with Crippen molar-refractivity contribution < 1.29 is 9.59 Å². The summed E-state index contributed by atoms with van der Waals surface area (Å²) < 4.78 is 0. The van der Waals surface area contributed by atoms with E-state index in [1.54, 1.807) is 36.0 Å². The SMILES string of the molecule is CSc1ccc(Cl)c(C(=O)Nc2ccc(C(=O)N3CCSCC3)cc2C)c1. The molecule has 3 rings (SSSR count). The number of nitrogens with one attached hydrogen (secondary N) is 1. The molecule has 4 nitrogen and oxygen atoms in total. The average Bonchev–Trinajstić information content (AvgIpc) is 2.70. The van der Waals surface area contributed by atoms with Gasteiger partial charge < -0.3 is 10.2 Å². The van der Waals surface area contributed by atoms with E-state index in [1.165, 1.54) is 0 Å². The van der Waals surface area contributed by atoms with Crippen LogP contribution in [0.1, 0.15) is 26.3 Å². The van der Waals surface area contributed by atoms with E-state index in [0.29, 0.717) is 21.8 Å². The minimum Gasteiger partial charge on any atom is -0.337 e. The lowest BCUT2D eigenvalue weighted by Gasteiger charge is -2.26. The smallest absolute Gasteiger partial charge is 0.257 e. The van der Waals surface area contributed by atoms with Gasteiger partial charge in [0.1, 0.15) is 0 Å². The van der Waals surface area contributed by atoms with Crippen LogP contribution in [0.3, 0.4) is 0 Å². The molecule has 2 aromatic rings. The fraction of sp³-hybridized carbons (Fsp3) is 0.300. The number of hydrogen-bond donors (Lipinski definition) is 1. The Balaban J connectivity index is 1.76. The van der Waals surface area contributed by atoms with Crippen molar-refractivity contribution in [3.8, 4) is 0 Å². The summed E-state index contributed by atoms with van der Waals surface area (Å²) in [7, 11) is 0. The van der Waals surface area contributed by atoms with Crippen LogP contribution in [-0.2, 0) is 0 Å². The molecule has 0 unspecified atom stereocenters. The van der Waals surface area contributed by atoms with Crippen molar-refractivity contribution in [3.63, 3.8) is 0 Å². The van der Waals surface area contributed by atoms with Gasteiger partial charge in [0.05, 0.1) is 10.6 Å². The zero-order valence-corrected chi connectivity index (χ0v) is 17.6. The molecule has 0 saturated carbocycles. The zero-order valence-electron chi connectivity index (χ0n) is 15.3. The van der Waals surface area contributed by atoms with Crippen molar-refractivity contribution in [3.05, 3.63) is 58.1 Å². The standard InChI is InChI=1S/C20H21ClN2O2S2/c1-13-11-14(20(25)23-7-9-27-10-8-23)3-6-18(13)22-19(24)16-12-15(26-2)4-5-17(16)21/h3-6,11-12H,7-10H2,1-2H3,(H,22,24). The second kappa shape index (κ2) is 9.04. The molecule has 0 radical (unpaired) electrons. The lowest BCUT2D eigenvalue weighted by Crippen LogP contribution is -2.37. The number of benzene rings is 2. The Morgan fingerprint density at radius 2 is 1.89 bits per heavy atom. The van der Waals surface area contributed by atoms with E-state index in [2.05, 4.69) is 5.32 Å². The fourth-order valence-corrected chi connectivity index (χ4v) is 4.43. The molecule has 2 aromatic carbocycles. The number of hydrogen-bond acceptors (Lipinski definition) is 4. The number of thioether (sulfide) groups is 2. The number of anilines is 1. The van der Waals surface area contributed by atoms with Gasteiger partial charge in [0, 0.05) is 40.7 Å². The van der Waals surface area contributed by atoms with E-state index < -0.39 is 0 Å². The van der Waals surface area contributed by atoms with Crippen molar-refractivity contribution in [1.82, 2.24) is 4.90 Å². The average molecular weight is 421 g/mol. The summed E-state index contributed by atoms with van der Waals surface area (Å²) in [6, 6.07) is 10.8. The summed E-state index contributed by atoms with van der Waals surface area (Å²) in [4.78, 5) is 28.1.